The van der Waals surface area contributed by atoms with Crippen molar-refractivity contribution in [2.45, 2.75) is 57.4 Å². The highest BCUT2D eigenvalue weighted by atomic mass is 16.1. The van der Waals surface area contributed by atoms with Crippen molar-refractivity contribution >= 4 is 5.69 Å². The standard InChI is InChI=1S/C16H25N3O/c1-3-13-14(17)15(20)19(18(13)2)16-7-10-4-11(8-16)6-12(5-10)9-16/h10-12H,3-9,17H2,1-2H3. The molecule has 4 aliphatic carbocycles. The van der Waals surface area contributed by atoms with E-state index in [0.717, 1.165) is 29.9 Å². The lowest BCUT2D eigenvalue weighted by molar-refractivity contribution is -0.0563. The maximum Gasteiger partial charge on any atom is 0.290 e. The molecule has 4 saturated carbocycles. The van der Waals surface area contributed by atoms with Crippen molar-refractivity contribution in [2.75, 3.05) is 5.73 Å². The highest BCUT2D eigenvalue weighted by Crippen LogP contribution is 2.58. The number of nitrogen functional groups attached to an aromatic ring is 1. The molecule has 4 nitrogen and oxygen atoms in total. The normalized spacial score (nSPS) is 38.6. The predicted octanol–water partition coefficient (Wildman–Crippen LogP) is 2.26. The molecule has 1 aromatic heterocycles. The first-order chi connectivity index (χ1) is 9.54. The average molecular weight is 275 g/mol. The van der Waals surface area contributed by atoms with Gasteiger partial charge in [-0.3, -0.25) is 9.48 Å². The van der Waals surface area contributed by atoms with Crippen molar-refractivity contribution in [3.8, 4) is 0 Å². The van der Waals surface area contributed by atoms with Gasteiger partial charge in [0.1, 0.15) is 5.69 Å². The van der Waals surface area contributed by atoms with Gasteiger partial charge in [-0.1, -0.05) is 6.92 Å². The van der Waals surface area contributed by atoms with Crippen molar-refractivity contribution in [2.24, 2.45) is 24.8 Å². The molecular weight excluding hydrogens is 250 g/mol. The Morgan fingerprint density at radius 1 is 1.15 bits per heavy atom. The fourth-order valence-electron chi connectivity index (χ4n) is 5.95. The van der Waals surface area contributed by atoms with E-state index < -0.39 is 0 Å². The van der Waals surface area contributed by atoms with Crippen molar-refractivity contribution < 1.29 is 0 Å². The number of anilines is 1. The molecule has 0 spiro atoms. The number of rotatable bonds is 2. The van der Waals surface area contributed by atoms with E-state index in [1.54, 1.807) is 0 Å². The average Bonchev–Trinajstić information content (AvgIpc) is 2.58. The minimum absolute atomic E-state index is 0.0614. The van der Waals surface area contributed by atoms with E-state index in [2.05, 4.69) is 11.6 Å². The molecule has 0 radical (unpaired) electrons. The van der Waals surface area contributed by atoms with Gasteiger partial charge < -0.3 is 5.73 Å². The van der Waals surface area contributed by atoms with Gasteiger partial charge in [0.05, 0.1) is 11.2 Å². The smallest absolute Gasteiger partial charge is 0.290 e. The molecule has 0 amide bonds. The van der Waals surface area contributed by atoms with Crippen LogP contribution in [0.1, 0.15) is 51.1 Å². The van der Waals surface area contributed by atoms with Gasteiger partial charge in [-0.2, -0.15) is 0 Å². The van der Waals surface area contributed by atoms with Gasteiger partial charge in [0, 0.05) is 7.05 Å². The van der Waals surface area contributed by atoms with E-state index in [9.17, 15) is 4.79 Å². The van der Waals surface area contributed by atoms with Gasteiger partial charge >= 0.3 is 0 Å². The van der Waals surface area contributed by atoms with Crippen LogP contribution in [0.5, 0.6) is 0 Å². The fourth-order valence-corrected chi connectivity index (χ4v) is 5.95. The first kappa shape index (κ1) is 12.5. The molecule has 4 heteroatoms. The first-order valence-corrected chi connectivity index (χ1v) is 8.11. The quantitative estimate of drug-likeness (QED) is 0.900. The van der Waals surface area contributed by atoms with Crippen molar-refractivity contribution in [3.05, 3.63) is 16.0 Å². The third-order valence-electron chi connectivity index (χ3n) is 6.21. The highest BCUT2D eigenvalue weighted by Gasteiger charge is 2.53. The van der Waals surface area contributed by atoms with Crippen molar-refractivity contribution in [3.63, 3.8) is 0 Å². The molecular formula is C16H25N3O. The first-order valence-electron chi connectivity index (χ1n) is 8.11. The molecule has 4 aliphatic rings. The van der Waals surface area contributed by atoms with Crippen LogP contribution < -0.4 is 11.3 Å². The summed E-state index contributed by atoms with van der Waals surface area (Å²) in [6.07, 6.45) is 8.60. The summed E-state index contributed by atoms with van der Waals surface area (Å²) in [6, 6.07) is 0. The molecule has 4 bridgehead atoms. The Labute approximate surface area is 119 Å². The lowest BCUT2D eigenvalue weighted by atomic mass is 9.53. The zero-order chi connectivity index (χ0) is 14.1. The minimum atomic E-state index is 0.0614. The maximum absolute atomic E-state index is 12.7. The molecule has 0 unspecified atom stereocenters. The van der Waals surface area contributed by atoms with Crippen LogP contribution >= 0.6 is 0 Å². The van der Waals surface area contributed by atoms with Gasteiger partial charge in [0.15, 0.2) is 0 Å². The second-order valence-electron chi connectivity index (χ2n) is 7.50. The summed E-state index contributed by atoms with van der Waals surface area (Å²) in [6.45, 7) is 2.08. The predicted molar refractivity (Wildman–Crippen MR) is 79.6 cm³/mol. The lowest BCUT2D eigenvalue weighted by Gasteiger charge is -2.57. The Kier molecular flexibility index (Phi) is 2.46. The van der Waals surface area contributed by atoms with Crippen LogP contribution in [-0.4, -0.2) is 9.36 Å². The monoisotopic (exact) mass is 275 g/mol. The summed E-state index contributed by atoms with van der Waals surface area (Å²) in [5, 5.41) is 0. The topological polar surface area (TPSA) is 53.0 Å². The molecule has 1 heterocycles. The summed E-state index contributed by atoms with van der Waals surface area (Å²) in [5.41, 5.74) is 7.70. The SMILES string of the molecule is CCc1c(N)c(=O)n(C23CC4CC(CC(C4)C2)C3)n1C. The highest BCUT2D eigenvalue weighted by molar-refractivity contribution is 5.42. The molecule has 5 rings (SSSR count). The molecule has 110 valence electrons. The number of nitrogens with zero attached hydrogens (tertiary/aromatic N) is 2. The fraction of sp³-hybridized carbons (Fsp3) is 0.812. The van der Waals surface area contributed by atoms with Crippen LogP contribution in [0, 0.1) is 17.8 Å². The molecule has 0 atom stereocenters. The van der Waals surface area contributed by atoms with E-state index in [-0.39, 0.29) is 11.1 Å². The zero-order valence-electron chi connectivity index (χ0n) is 12.6. The Balaban J connectivity index is 1.87. The maximum atomic E-state index is 12.7. The largest absolute Gasteiger partial charge is 0.393 e. The van der Waals surface area contributed by atoms with Crippen LogP contribution in [-0.2, 0) is 19.0 Å². The van der Waals surface area contributed by atoms with E-state index in [1.807, 2.05) is 11.7 Å². The summed E-state index contributed by atoms with van der Waals surface area (Å²) >= 11 is 0. The van der Waals surface area contributed by atoms with Gasteiger partial charge in [-0.15, -0.1) is 0 Å². The van der Waals surface area contributed by atoms with Gasteiger partial charge in [-0.25, -0.2) is 4.68 Å². The number of nitrogens with two attached hydrogens (primary N) is 1. The molecule has 4 fully saturated rings. The second kappa shape index (κ2) is 3.92. The van der Waals surface area contributed by atoms with Gasteiger partial charge in [-0.05, 0) is 62.7 Å². The Morgan fingerprint density at radius 2 is 1.65 bits per heavy atom. The Bertz CT molecular complexity index is 575. The van der Waals surface area contributed by atoms with E-state index in [1.165, 1.54) is 38.5 Å². The van der Waals surface area contributed by atoms with Crippen LogP contribution in [0.25, 0.3) is 0 Å². The summed E-state index contributed by atoms with van der Waals surface area (Å²) in [7, 11) is 2.02. The van der Waals surface area contributed by atoms with E-state index >= 15 is 0 Å². The van der Waals surface area contributed by atoms with Crippen molar-refractivity contribution in [1.29, 1.82) is 0 Å². The van der Waals surface area contributed by atoms with Crippen LogP contribution in [0.15, 0.2) is 4.79 Å². The molecule has 1 aromatic rings. The molecule has 0 aliphatic heterocycles. The Hall–Kier alpha value is -1.19. The molecule has 0 aromatic carbocycles. The van der Waals surface area contributed by atoms with Gasteiger partial charge in [0.2, 0.25) is 0 Å². The molecule has 0 saturated heterocycles. The number of hydrogen-bond acceptors (Lipinski definition) is 2. The lowest BCUT2D eigenvalue weighted by Crippen LogP contribution is -2.55. The van der Waals surface area contributed by atoms with Crippen LogP contribution in [0.3, 0.4) is 0 Å². The summed E-state index contributed by atoms with van der Waals surface area (Å²) < 4.78 is 4.12. The Morgan fingerprint density at radius 3 is 2.05 bits per heavy atom. The molecule has 20 heavy (non-hydrogen) atoms. The summed E-state index contributed by atoms with van der Waals surface area (Å²) in [5.74, 6) is 2.53. The van der Waals surface area contributed by atoms with Crippen LogP contribution in [0.2, 0.25) is 0 Å². The van der Waals surface area contributed by atoms with E-state index in [0.29, 0.717) is 5.69 Å². The number of aromatic nitrogens is 2. The van der Waals surface area contributed by atoms with Crippen molar-refractivity contribution in [1.82, 2.24) is 9.36 Å². The minimum Gasteiger partial charge on any atom is -0.393 e. The van der Waals surface area contributed by atoms with Gasteiger partial charge in [0.25, 0.3) is 5.56 Å². The number of hydrogen-bond donors (Lipinski definition) is 1. The summed E-state index contributed by atoms with van der Waals surface area (Å²) in [4.78, 5) is 12.7. The second-order valence-corrected chi connectivity index (χ2v) is 7.50. The third-order valence-corrected chi connectivity index (χ3v) is 6.21. The molecule has 2 N–H and O–H groups in total. The third kappa shape index (κ3) is 1.45. The zero-order valence-corrected chi connectivity index (χ0v) is 12.6. The van der Waals surface area contributed by atoms with Crippen LogP contribution in [0.4, 0.5) is 5.69 Å². The van der Waals surface area contributed by atoms with E-state index in [4.69, 9.17) is 5.73 Å².